The summed E-state index contributed by atoms with van der Waals surface area (Å²) in [4.78, 5) is 16.3. The molecule has 1 aromatic heterocycles. The van der Waals surface area contributed by atoms with Crippen molar-refractivity contribution >= 4 is 45.0 Å². The van der Waals surface area contributed by atoms with Crippen molar-refractivity contribution in [1.82, 2.24) is 20.2 Å². The largest absolute Gasteiger partial charge is 0.508 e. The number of likely N-dealkylation sites (N-methyl/N-ethyl adjacent to an activating group) is 1. The third kappa shape index (κ3) is 3.69. The molecule has 2 atom stereocenters. The monoisotopic (exact) mass is 518 g/mol. The molecule has 4 fully saturated rings. The third-order valence-corrected chi connectivity index (χ3v) is 8.36. The van der Waals surface area contributed by atoms with Crippen molar-refractivity contribution in [1.29, 1.82) is 0 Å². The molecular weight excluding hydrogens is 491 g/mol. The number of halogens is 2. The molecule has 0 saturated carbocycles. The molecule has 5 heterocycles. The molecule has 0 spiro atoms. The average Bonchev–Trinajstić information content (AvgIpc) is 2.82. The van der Waals surface area contributed by atoms with Gasteiger partial charge in [0.15, 0.2) is 5.82 Å². The summed E-state index contributed by atoms with van der Waals surface area (Å²) in [5, 5.41) is 16.5. The summed E-state index contributed by atoms with van der Waals surface area (Å²) in [6.45, 7) is 3.23. The van der Waals surface area contributed by atoms with Gasteiger partial charge in [-0.2, -0.15) is 4.98 Å². The Labute approximate surface area is 219 Å². The van der Waals surface area contributed by atoms with Crippen LogP contribution in [0.1, 0.15) is 6.42 Å². The Morgan fingerprint density at radius 1 is 1.00 bits per heavy atom. The lowest BCUT2D eigenvalue weighted by Crippen LogP contribution is -2.67. The number of nitrogens with one attached hydrogen (secondary N) is 1. The summed E-state index contributed by atoms with van der Waals surface area (Å²) in [6, 6.07) is 13.9. The molecule has 9 heteroatoms. The zero-order valence-corrected chi connectivity index (χ0v) is 21.5. The van der Waals surface area contributed by atoms with Crippen molar-refractivity contribution in [3.8, 4) is 16.9 Å². The number of piperidine rings is 1. The fourth-order valence-electron chi connectivity index (χ4n) is 5.93. The van der Waals surface area contributed by atoms with Gasteiger partial charge >= 0.3 is 0 Å². The molecule has 4 saturated heterocycles. The van der Waals surface area contributed by atoms with E-state index in [2.05, 4.69) is 34.1 Å². The number of nitrogens with zero attached hydrogens (tertiary/aromatic N) is 5. The average molecular weight is 519 g/mol. The number of anilines is 2. The highest BCUT2D eigenvalue weighted by molar-refractivity contribution is 6.35. The minimum Gasteiger partial charge on any atom is -0.508 e. The number of piperazine rings is 1. The first kappa shape index (κ1) is 23.0. The normalized spacial score (nSPS) is 21.5. The third-order valence-electron chi connectivity index (χ3n) is 8.06. The number of benzene rings is 3. The van der Waals surface area contributed by atoms with Crippen LogP contribution in [0.2, 0.25) is 5.02 Å². The van der Waals surface area contributed by atoms with E-state index in [0.29, 0.717) is 35.0 Å². The van der Waals surface area contributed by atoms with E-state index in [1.54, 1.807) is 18.2 Å². The van der Waals surface area contributed by atoms with Gasteiger partial charge in [-0.25, -0.2) is 9.37 Å². The number of aromatic nitrogens is 2. The summed E-state index contributed by atoms with van der Waals surface area (Å²) in [7, 11) is 4.13. The zero-order chi connectivity index (χ0) is 25.4. The van der Waals surface area contributed by atoms with Crippen LogP contribution in [0.15, 0.2) is 42.5 Å². The van der Waals surface area contributed by atoms with Crippen molar-refractivity contribution in [3.05, 3.63) is 53.3 Å². The number of hydrogen-bond donors (Lipinski definition) is 2. The van der Waals surface area contributed by atoms with Crippen molar-refractivity contribution in [2.45, 2.75) is 24.5 Å². The van der Waals surface area contributed by atoms with Crippen LogP contribution in [0, 0.1) is 5.82 Å². The molecule has 4 aromatic rings. The van der Waals surface area contributed by atoms with Crippen LogP contribution in [0.3, 0.4) is 0 Å². The topological polar surface area (TPSA) is 67.8 Å². The SMILES string of the molecule is CN(C)C1CN(c2nc(N3CC4CC(C3)N4)c3cc(Cl)c(-c4cc(O)cc5ccccc45)c(F)c3n2)C1. The van der Waals surface area contributed by atoms with Crippen LogP contribution in [0.5, 0.6) is 5.75 Å². The van der Waals surface area contributed by atoms with Gasteiger partial charge in [0.2, 0.25) is 5.95 Å². The van der Waals surface area contributed by atoms with E-state index in [9.17, 15) is 5.11 Å². The second kappa shape index (κ2) is 8.41. The van der Waals surface area contributed by atoms with E-state index >= 15 is 4.39 Å². The van der Waals surface area contributed by atoms with E-state index in [1.807, 2.05) is 24.3 Å². The maximum atomic E-state index is 16.6. The standard InChI is InChI=1S/C28H28ClFN6O/c1-34(2)18-13-36(14-18)28-32-26-22(27(33-28)35-11-16-8-17(12-35)31-16)10-23(29)24(25(26)30)21-9-19(37)7-15-5-3-4-6-20(15)21/h3-7,9-10,16-18,31,37H,8,11-14H2,1-2H3. The lowest BCUT2D eigenvalue weighted by Gasteiger charge is -2.49. The van der Waals surface area contributed by atoms with E-state index in [-0.39, 0.29) is 21.9 Å². The number of hydrogen-bond acceptors (Lipinski definition) is 7. The van der Waals surface area contributed by atoms with Gasteiger partial charge < -0.3 is 25.1 Å². The molecule has 3 aromatic carbocycles. The van der Waals surface area contributed by atoms with Gasteiger partial charge in [-0.1, -0.05) is 35.9 Å². The minimum atomic E-state index is -0.492. The number of aromatic hydroxyl groups is 1. The van der Waals surface area contributed by atoms with Crippen molar-refractivity contribution in [3.63, 3.8) is 0 Å². The molecule has 37 heavy (non-hydrogen) atoms. The first-order valence-corrected chi connectivity index (χ1v) is 13.1. The van der Waals surface area contributed by atoms with Gasteiger partial charge in [0.25, 0.3) is 0 Å². The van der Waals surface area contributed by atoms with Crippen LogP contribution < -0.4 is 15.1 Å². The van der Waals surface area contributed by atoms with E-state index < -0.39 is 5.82 Å². The Hall–Kier alpha value is -3.20. The molecule has 0 aliphatic carbocycles. The Balaban J connectivity index is 1.43. The molecule has 7 nitrogen and oxygen atoms in total. The van der Waals surface area contributed by atoms with E-state index in [0.717, 1.165) is 49.2 Å². The molecule has 0 radical (unpaired) electrons. The predicted octanol–water partition coefficient (Wildman–Crippen LogP) is 4.25. The fraction of sp³-hybridized carbons (Fsp3) is 0.357. The summed E-state index contributed by atoms with van der Waals surface area (Å²) in [5.74, 6) is 0.843. The molecule has 2 unspecified atom stereocenters. The minimum absolute atomic E-state index is 0.0590. The fourth-order valence-corrected chi connectivity index (χ4v) is 6.22. The lowest BCUT2D eigenvalue weighted by atomic mass is 9.91. The molecule has 2 N–H and O–H groups in total. The number of phenolic OH excluding ortho intramolecular Hbond substituents is 1. The quantitative estimate of drug-likeness (QED) is 0.418. The molecule has 190 valence electrons. The van der Waals surface area contributed by atoms with Gasteiger partial charge in [0.05, 0.1) is 5.02 Å². The maximum absolute atomic E-state index is 16.6. The van der Waals surface area contributed by atoms with Gasteiger partial charge in [-0.15, -0.1) is 0 Å². The molecule has 8 rings (SSSR count). The van der Waals surface area contributed by atoms with Crippen molar-refractivity contribution in [2.75, 3.05) is 50.1 Å². The Morgan fingerprint density at radius 2 is 1.73 bits per heavy atom. The maximum Gasteiger partial charge on any atom is 0.228 e. The number of rotatable bonds is 4. The zero-order valence-electron chi connectivity index (χ0n) is 20.7. The molecule has 2 bridgehead atoms. The second-order valence-electron chi connectivity index (χ2n) is 10.7. The Kier molecular flexibility index (Phi) is 5.22. The summed E-state index contributed by atoms with van der Waals surface area (Å²) >= 11 is 6.81. The van der Waals surface area contributed by atoms with Crippen LogP contribution in [-0.4, -0.2) is 78.4 Å². The van der Waals surface area contributed by atoms with Gasteiger partial charge in [-0.3, -0.25) is 0 Å². The smallest absolute Gasteiger partial charge is 0.228 e. The Morgan fingerprint density at radius 3 is 2.46 bits per heavy atom. The summed E-state index contributed by atoms with van der Waals surface area (Å²) in [6.07, 6.45) is 1.16. The first-order valence-electron chi connectivity index (χ1n) is 12.7. The highest BCUT2D eigenvalue weighted by atomic mass is 35.5. The van der Waals surface area contributed by atoms with Crippen molar-refractivity contribution in [2.24, 2.45) is 0 Å². The molecule has 4 aliphatic rings. The van der Waals surface area contributed by atoms with Crippen molar-refractivity contribution < 1.29 is 9.50 Å². The molecule has 0 amide bonds. The Bertz CT molecular complexity index is 1540. The highest BCUT2D eigenvalue weighted by Gasteiger charge is 2.39. The summed E-state index contributed by atoms with van der Waals surface area (Å²) in [5.41, 5.74) is 1.05. The molecule has 4 aliphatic heterocycles. The number of phenols is 1. The van der Waals surface area contributed by atoms with Gasteiger partial charge in [0, 0.05) is 55.3 Å². The first-order chi connectivity index (χ1) is 17.9. The van der Waals surface area contributed by atoms with Crippen LogP contribution in [0.4, 0.5) is 16.2 Å². The van der Waals surface area contributed by atoms with Crippen LogP contribution in [-0.2, 0) is 0 Å². The van der Waals surface area contributed by atoms with Gasteiger partial charge in [0.1, 0.15) is 17.1 Å². The van der Waals surface area contributed by atoms with E-state index in [4.69, 9.17) is 21.6 Å². The highest BCUT2D eigenvalue weighted by Crippen LogP contribution is 2.43. The number of fused-ring (bicyclic) bond motifs is 4. The molecular formula is C28H28ClFN6O. The second-order valence-corrected chi connectivity index (χ2v) is 11.1. The predicted molar refractivity (Wildman–Crippen MR) is 146 cm³/mol. The van der Waals surface area contributed by atoms with E-state index in [1.165, 1.54) is 0 Å². The summed E-state index contributed by atoms with van der Waals surface area (Å²) < 4.78 is 16.6. The van der Waals surface area contributed by atoms with Crippen LogP contribution in [0.25, 0.3) is 32.8 Å². The van der Waals surface area contributed by atoms with Crippen LogP contribution >= 0.6 is 11.6 Å². The lowest BCUT2D eigenvalue weighted by molar-refractivity contribution is 0.225. The van der Waals surface area contributed by atoms with Gasteiger partial charge in [-0.05, 0) is 55.1 Å².